The van der Waals surface area contributed by atoms with Gasteiger partial charge < -0.3 is 10.0 Å². The van der Waals surface area contributed by atoms with Gasteiger partial charge in [-0.25, -0.2) is 0 Å². The molecule has 1 heterocycles. The Kier molecular flexibility index (Phi) is 2.54. The van der Waals surface area contributed by atoms with Crippen LogP contribution < -0.4 is 0 Å². The second-order valence-corrected chi connectivity index (χ2v) is 4.16. The fraction of sp³-hybridized carbons (Fsp3) is 0.800. The zero-order chi connectivity index (χ0) is 10.1. The van der Waals surface area contributed by atoms with Crippen molar-refractivity contribution in [1.29, 1.82) is 0 Å². The van der Waals surface area contributed by atoms with E-state index < -0.39 is 6.10 Å². The van der Waals surface area contributed by atoms with Crippen molar-refractivity contribution in [2.75, 3.05) is 6.54 Å². The fourth-order valence-electron chi connectivity index (χ4n) is 2.36. The van der Waals surface area contributed by atoms with Gasteiger partial charge in [0.25, 0.3) is 0 Å². The van der Waals surface area contributed by atoms with Gasteiger partial charge >= 0.3 is 0 Å². The molecule has 1 saturated carbocycles. The highest BCUT2D eigenvalue weighted by molar-refractivity contribution is 6.05. The zero-order valence-corrected chi connectivity index (χ0v) is 8.11. The molecule has 1 saturated heterocycles. The number of aliphatic hydroxyl groups is 1. The van der Waals surface area contributed by atoms with E-state index in [1.54, 1.807) is 4.90 Å². The first-order valence-corrected chi connectivity index (χ1v) is 5.17. The third-order valence-corrected chi connectivity index (χ3v) is 3.11. The summed E-state index contributed by atoms with van der Waals surface area (Å²) in [6.07, 6.45) is 3.25. The van der Waals surface area contributed by atoms with Gasteiger partial charge in [-0.15, -0.1) is 0 Å². The SMILES string of the molecule is O=C1CC(=O)N(C2CCCCC2O)C1. The third-order valence-electron chi connectivity index (χ3n) is 3.11. The number of aliphatic hydroxyl groups excluding tert-OH is 1. The molecular formula is C10H15NO3. The molecule has 1 aliphatic heterocycles. The minimum atomic E-state index is -0.432. The fourth-order valence-corrected chi connectivity index (χ4v) is 2.36. The van der Waals surface area contributed by atoms with Crippen LogP contribution in [0.4, 0.5) is 0 Å². The summed E-state index contributed by atoms with van der Waals surface area (Å²) < 4.78 is 0. The lowest BCUT2D eigenvalue weighted by atomic mass is 9.91. The van der Waals surface area contributed by atoms with Gasteiger partial charge in [-0.2, -0.15) is 0 Å². The van der Waals surface area contributed by atoms with E-state index in [2.05, 4.69) is 0 Å². The van der Waals surface area contributed by atoms with E-state index in [4.69, 9.17) is 0 Å². The van der Waals surface area contributed by atoms with Gasteiger partial charge in [-0.05, 0) is 12.8 Å². The van der Waals surface area contributed by atoms with Crippen molar-refractivity contribution in [2.24, 2.45) is 0 Å². The molecule has 1 amide bonds. The molecule has 0 spiro atoms. The topological polar surface area (TPSA) is 57.6 Å². The Hall–Kier alpha value is -0.900. The van der Waals surface area contributed by atoms with Crippen LogP contribution in [0.3, 0.4) is 0 Å². The standard InChI is InChI=1S/C10H15NO3/c12-7-5-10(14)11(6-7)8-3-1-2-4-9(8)13/h8-9,13H,1-6H2. The monoisotopic (exact) mass is 197 g/mol. The van der Waals surface area contributed by atoms with Crippen molar-refractivity contribution < 1.29 is 14.7 Å². The third kappa shape index (κ3) is 1.66. The van der Waals surface area contributed by atoms with Crippen molar-refractivity contribution in [3.05, 3.63) is 0 Å². The summed E-state index contributed by atoms with van der Waals surface area (Å²) in [4.78, 5) is 24.1. The number of hydrogen-bond acceptors (Lipinski definition) is 3. The maximum absolute atomic E-state index is 11.4. The molecule has 2 fully saturated rings. The quantitative estimate of drug-likeness (QED) is 0.606. The van der Waals surface area contributed by atoms with Gasteiger partial charge in [0.2, 0.25) is 5.91 Å². The maximum atomic E-state index is 11.4. The highest BCUT2D eigenvalue weighted by Gasteiger charge is 2.37. The van der Waals surface area contributed by atoms with Crippen LogP contribution in [-0.2, 0) is 9.59 Å². The van der Waals surface area contributed by atoms with Gasteiger partial charge in [-0.1, -0.05) is 12.8 Å². The van der Waals surface area contributed by atoms with Crippen molar-refractivity contribution in [3.8, 4) is 0 Å². The van der Waals surface area contributed by atoms with Crippen LogP contribution in [0.2, 0.25) is 0 Å². The van der Waals surface area contributed by atoms with Gasteiger partial charge in [0.15, 0.2) is 5.78 Å². The summed E-state index contributed by atoms with van der Waals surface area (Å²) in [5.74, 6) is -0.131. The summed E-state index contributed by atoms with van der Waals surface area (Å²) in [6.45, 7) is 0.209. The van der Waals surface area contributed by atoms with Crippen LogP contribution in [0, 0.1) is 0 Å². The van der Waals surface area contributed by atoms with E-state index in [9.17, 15) is 14.7 Å². The van der Waals surface area contributed by atoms with E-state index in [-0.39, 0.29) is 30.7 Å². The molecule has 1 aliphatic carbocycles. The predicted octanol–water partition coefficient (Wildman–Crippen LogP) is 0.0913. The lowest BCUT2D eigenvalue weighted by Gasteiger charge is -2.34. The summed E-state index contributed by atoms with van der Waals surface area (Å²) >= 11 is 0. The Bertz CT molecular complexity index is 264. The molecule has 14 heavy (non-hydrogen) atoms. The van der Waals surface area contributed by atoms with Crippen molar-refractivity contribution >= 4 is 11.7 Å². The molecule has 4 nitrogen and oxygen atoms in total. The first-order chi connectivity index (χ1) is 6.68. The molecule has 2 aliphatic rings. The van der Waals surface area contributed by atoms with Crippen LogP contribution in [0.25, 0.3) is 0 Å². The minimum absolute atomic E-state index is 0.0206. The van der Waals surface area contributed by atoms with E-state index >= 15 is 0 Å². The summed E-state index contributed by atoms with van der Waals surface area (Å²) in [7, 11) is 0. The first kappa shape index (κ1) is 9.65. The van der Waals surface area contributed by atoms with Crippen LogP contribution in [0.15, 0.2) is 0 Å². The molecule has 0 aromatic rings. The van der Waals surface area contributed by atoms with Crippen LogP contribution in [-0.4, -0.2) is 40.4 Å². The average Bonchev–Trinajstić information content (AvgIpc) is 2.46. The number of nitrogens with zero attached hydrogens (tertiary/aromatic N) is 1. The molecular weight excluding hydrogens is 182 g/mol. The zero-order valence-electron chi connectivity index (χ0n) is 8.11. The second-order valence-electron chi connectivity index (χ2n) is 4.16. The number of likely N-dealkylation sites (tertiary alicyclic amines) is 1. The molecule has 1 N–H and O–H groups in total. The highest BCUT2D eigenvalue weighted by Crippen LogP contribution is 2.25. The Morgan fingerprint density at radius 1 is 1.21 bits per heavy atom. The maximum Gasteiger partial charge on any atom is 0.230 e. The van der Waals surface area contributed by atoms with E-state index in [0.717, 1.165) is 25.7 Å². The lowest BCUT2D eigenvalue weighted by molar-refractivity contribution is -0.132. The first-order valence-electron chi connectivity index (χ1n) is 5.17. The Morgan fingerprint density at radius 3 is 2.50 bits per heavy atom. The number of rotatable bonds is 1. The number of amides is 1. The molecule has 0 aromatic heterocycles. The molecule has 2 atom stereocenters. The average molecular weight is 197 g/mol. The molecule has 0 aromatic carbocycles. The largest absolute Gasteiger partial charge is 0.391 e. The van der Waals surface area contributed by atoms with Crippen LogP contribution in [0.1, 0.15) is 32.1 Å². The minimum Gasteiger partial charge on any atom is -0.391 e. The predicted molar refractivity (Wildman–Crippen MR) is 49.6 cm³/mol. The lowest BCUT2D eigenvalue weighted by Crippen LogP contribution is -2.46. The van der Waals surface area contributed by atoms with Crippen LogP contribution in [0.5, 0.6) is 0 Å². The van der Waals surface area contributed by atoms with Crippen molar-refractivity contribution in [2.45, 2.75) is 44.2 Å². The molecule has 78 valence electrons. The Labute approximate surface area is 82.9 Å². The van der Waals surface area contributed by atoms with E-state index in [0.29, 0.717) is 0 Å². The van der Waals surface area contributed by atoms with Crippen LogP contribution >= 0.6 is 0 Å². The molecule has 4 heteroatoms. The van der Waals surface area contributed by atoms with E-state index in [1.165, 1.54) is 0 Å². The number of ketones is 1. The summed E-state index contributed by atoms with van der Waals surface area (Å²) in [6, 6.07) is -0.109. The van der Waals surface area contributed by atoms with Gasteiger partial charge in [0.05, 0.1) is 25.1 Å². The number of Topliss-reactive ketones (excluding diaryl/α,β-unsaturated/α-hetero) is 1. The molecule has 0 bridgehead atoms. The molecule has 0 radical (unpaired) electrons. The van der Waals surface area contributed by atoms with Gasteiger partial charge in [-0.3, -0.25) is 9.59 Å². The summed E-state index contributed by atoms with van der Waals surface area (Å²) in [5.41, 5.74) is 0. The Morgan fingerprint density at radius 2 is 1.93 bits per heavy atom. The van der Waals surface area contributed by atoms with Crippen molar-refractivity contribution in [1.82, 2.24) is 4.90 Å². The smallest absolute Gasteiger partial charge is 0.230 e. The normalized spacial score (nSPS) is 33.9. The molecule has 2 rings (SSSR count). The number of carbonyl (C=O) groups is 2. The number of carbonyl (C=O) groups excluding carboxylic acids is 2. The van der Waals surface area contributed by atoms with Gasteiger partial charge in [0, 0.05) is 0 Å². The van der Waals surface area contributed by atoms with E-state index in [1.807, 2.05) is 0 Å². The second kappa shape index (κ2) is 3.69. The van der Waals surface area contributed by atoms with Crippen molar-refractivity contribution in [3.63, 3.8) is 0 Å². The Balaban J connectivity index is 2.06. The summed E-state index contributed by atoms with van der Waals surface area (Å²) in [5, 5.41) is 9.73. The molecule has 2 unspecified atom stereocenters. The number of hydrogen-bond donors (Lipinski definition) is 1. The highest BCUT2D eigenvalue weighted by atomic mass is 16.3. The van der Waals surface area contributed by atoms with Gasteiger partial charge in [0.1, 0.15) is 0 Å².